The van der Waals surface area contributed by atoms with Crippen LogP contribution in [-0.4, -0.2) is 51.7 Å². The monoisotopic (exact) mass is 420 g/mol. The molecule has 0 aliphatic carbocycles. The fraction of sp³-hybridized carbons (Fsp3) is 0.348. The Kier molecular flexibility index (Phi) is 5.21. The Labute approximate surface area is 179 Å². The van der Waals surface area contributed by atoms with E-state index in [-0.39, 0.29) is 18.4 Å². The molecule has 2 aromatic carbocycles. The Morgan fingerprint density at radius 3 is 2.57 bits per heavy atom. The van der Waals surface area contributed by atoms with E-state index in [4.69, 9.17) is 4.98 Å². The molecule has 2 aliphatic heterocycles. The first kappa shape index (κ1) is 19.2. The van der Waals surface area contributed by atoms with Gasteiger partial charge in [-0.2, -0.15) is 0 Å². The maximum Gasteiger partial charge on any atom is 0.242 e. The molecule has 2 amide bonds. The molecule has 0 spiro atoms. The van der Waals surface area contributed by atoms with Crippen LogP contribution in [0.15, 0.2) is 53.7 Å². The van der Waals surface area contributed by atoms with Gasteiger partial charge in [-0.1, -0.05) is 42.1 Å². The van der Waals surface area contributed by atoms with E-state index in [0.29, 0.717) is 5.75 Å². The van der Waals surface area contributed by atoms with Gasteiger partial charge in [0.25, 0.3) is 0 Å². The number of imidazole rings is 1. The van der Waals surface area contributed by atoms with Crippen molar-refractivity contribution in [2.45, 2.75) is 31.0 Å². The standard InChI is InChI=1S/C23H24N4O2S/c28-21(25-12-5-6-13-25)15-27-20-10-4-2-8-18(20)24-23(27)30-16-22(29)26-14-11-17-7-1-3-9-19(17)26/h1-4,7-10H,5-6,11-16H2. The van der Waals surface area contributed by atoms with Crippen molar-refractivity contribution in [1.82, 2.24) is 14.5 Å². The lowest BCUT2D eigenvalue weighted by Gasteiger charge is -2.18. The summed E-state index contributed by atoms with van der Waals surface area (Å²) in [6.07, 6.45) is 3.04. The third kappa shape index (κ3) is 3.58. The van der Waals surface area contributed by atoms with Crippen LogP contribution in [0.5, 0.6) is 0 Å². The van der Waals surface area contributed by atoms with E-state index >= 15 is 0 Å². The van der Waals surface area contributed by atoms with Gasteiger partial charge in [0.2, 0.25) is 11.8 Å². The summed E-state index contributed by atoms with van der Waals surface area (Å²) >= 11 is 1.42. The smallest absolute Gasteiger partial charge is 0.242 e. The number of para-hydroxylation sites is 3. The van der Waals surface area contributed by atoms with E-state index in [0.717, 1.165) is 60.8 Å². The summed E-state index contributed by atoms with van der Waals surface area (Å²) in [5.74, 6) is 0.502. The maximum atomic E-state index is 12.9. The average molecular weight is 421 g/mol. The quantitative estimate of drug-likeness (QED) is 0.594. The van der Waals surface area contributed by atoms with E-state index in [1.54, 1.807) is 0 Å². The van der Waals surface area contributed by atoms with Crippen molar-refractivity contribution in [1.29, 1.82) is 0 Å². The van der Waals surface area contributed by atoms with Crippen LogP contribution in [0.2, 0.25) is 0 Å². The van der Waals surface area contributed by atoms with Gasteiger partial charge in [-0.05, 0) is 43.0 Å². The van der Waals surface area contributed by atoms with E-state index in [1.807, 2.05) is 56.8 Å². The molecule has 0 bridgehead atoms. The van der Waals surface area contributed by atoms with Crippen LogP contribution in [0, 0.1) is 0 Å². The van der Waals surface area contributed by atoms with Crippen LogP contribution in [0.4, 0.5) is 5.69 Å². The average Bonchev–Trinajstić information content (AvgIpc) is 3.51. The summed E-state index contributed by atoms with van der Waals surface area (Å²) < 4.78 is 1.96. The molecule has 30 heavy (non-hydrogen) atoms. The molecular weight excluding hydrogens is 396 g/mol. The normalized spacial score (nSPS) is 15.7. The molecule has 3 aromatic rings. The Morgan fingerprint density at radius 2 is 1.70 bits per heavy atom. The molecule has 0 atom stereocenters. The minimum absolute atomic E-state index is 0.0782. The zero-order chi connectivity index (χ0) is 20.5. The largest absolute Gasteiger partial charge is 0.341 e. The Morgan fingerprint density at radius 1 is 0.933 bits per heavy atom. The van der Waals surface area contributed by atoms with Gasteiger partial charge >= 0.3 is 0 Å². The predicted molar refractivity (Wildman–Crippen MR) is 119 cm³/mol. The number of hydrogen-bond donors (Lipinski definition) is 0. The van der Waals surface area contributed by atoms with Gasteiger partial charge in [-0.3, -0.25) is 9.59 Å². The number of carbonyl (C=O) groups is 2. The van der Waals surface area contributed by atoms with Crippen LogP contribution >= 0.6 is 11.8 Å². The highest BCUT2D eigenvalue weighted by Crippen LogP contribution is 2.30. The van der Waals surface area contributed by atoms with Crippen molar-refractivity contribution in [3.63, 3.8) is 0 Å². The Hall–Kier alpha value is -2.80. The lowest BCUT2D eigenvalue weighted by atomic mass is 10.2. The number of aromatic nitrogens is 2. The van der Waals surface area contributed by atoms with Crippen molar-refractivity contribution < 1.29 is 9.59 Å². The van der Waals surface area contributed by atoms with E-state index in [1.165, 1.54) is 17.3 Å². The maximum absolute atomic E-state index is 12.9. The highest BCUT2D eigenvalue weighted by molar-refractivity contribution is 7.99. The van der Waals surface area contributed by atoms with Crippen LogP contribution in [0.1, 0.15) is 18.4 Å². The van der Waals surface area contributed by atoms with Gasteiger partial charge in [-0.15, -0.1) is 0 Å². The first-order valence-corrected chi connectivity index (χ1v) is 11.4. The number of rotatable bonds is 5. The van der Waals surface area contributed by atoms with Crippen molar-refractivity contribution >= 4 is 40.3 Å². The van der Waals surface area contributed by atoms with E-state index < -0.39 is 0 Å². The lowest BCUT2D eigenvalue weighted by Crippen LogP contribution is -2.32. The number of thioether (sulfide) groups is 1. The molecule has 3 heterocycles. The summed E-state index contributed by atoms with van der Waals surface area (Å²) in [5.41, 5.74) is 4.03. The van der Waals surface area contributed by atoms with Gasteiger partial charge in [0.1, 0.15) is 6.54 Å². The topological polar surface area (TPSA) is 58.4 Å². The van der Waals surface area contributed by atoms with E-state index in [2.05, 4.69) is 6.07 Å². The van der Waals surface area contributed by atoms with Crippen molar-refractivity contribution in [2.24, 2.45) is 0 Å². The third-order valence-corrected chi connectivity index (χ3v) is 6.85. The molecular formula is C23H24N4O2S. The zero-order valence-corrected chi connectivity index (χ0v) is 17.6. The highest BCUT2D eigenvalue weighted by Gasteiger charge is 2.25. The second-order valence-electron chi connectivity index (χ2n) is 7.77. The molecule has 1 saturated heterocycles. The number of likely N-dealkylation sites (tertiary alicyclic amines) is 1. The number of nitrogens with zero attached hydrogens (tertiary/aromatic N) is 4. The van der Waals surface area contributed by atoms with Gasteiger partial charge in [0, 0.05) is 25.3 Å². The number of amides is 2. The number of anilines is 1. The number of benzene rings is 2. The molecule has 1 aromatic heterocycles. The Balaban J connectivity index is 1.35. The molecule has 0 unspecified atom stereocenters. The van der Waals surface area contributed by atoms with Crippen LogP contribution in [0.25, 0.3) is 11.0 Å². The molecule has 2 aliphatic rings. The molecule has 0 radical (unpaired) electrons. The highest BCUT2D eigenvalue weighted by atomic mass is 32.2. The van der Waals surface area contributed by atoms with Crippen molar-refractivity contribution in [3.8, 4) is 0 Å². The van der Waals surface area contributed by atoms with Crippen molar-refractivity contribution in [3.05, 3.63) is 54.1 Å². The van der Waals surface area contributed by atoms with Gasteiger partial charge in [0.15, 0.2) is 5.16 Å². The second-order valence-corrected chi connectivity index (χ2v) is 8.71. The number of hydrogen-bond acceptors (Lipinski definition) is 4. The third-order valence-electron chi connectivity index (χ3n) is 5.88. The van der Waals surface area contributed by atoms with Crippen LogP contribution < -0.4 is 4.90 Å². The zero-order valence-electron chi connectivity index (χ0n) is 16.8. The van der Waals surface area contributed by atoms with Crippen LogP contribution in [-0.2, 0) is 22.6 Å². The first-order chi connectivity index (χ1) is 14.7. The minimum atomic E-state index is 0.0782. The van der Waals surface area contributed by atoms with Gasteiger partial charge in [0.05, 0.1) is 16.8 Å². The molecule has 0 saturated carbocycles. The van der Waals surface area contributed by atoms with Crippen molar-refractivity contribution in [2.75, 3.05) is 30.3 Å². The number of carbonyl (C=O) groups excluding carboxylic acids is 2. The fourth-order valence-corrected chi connectivity index (χ4v) is 5.21. The Bertz CT molecular complexity index is 1100. The lowest BCUT2D eigenvalue weighted by molar-refractivity contribution is -0.130. The summed E-state index contributed by atoms with van der Waals surface area (Å²) in [7, 11) is 0. The van der Waals surface area contributed by atoms with E-state index in [9.17, 15) is 9.59 Å². The molecule has 154 valence electrons. The predicted octanol–water partition coefficient (Wildman–Crippen LogP) is 3.34. The van der Waals surface area contributed by atoms with Gasteiger partial charge < -0.3 is 14.4 Å². The molecule has 0 N–H and O–H groups in total. The summed E-state index contributed by atoms with van der Waals surface area (Å²) in [5, 5.41) is 0.726. The summed E-state index contributed by atoms with van der Waals surface area (Å²) in [4.78, 5) is 34.2. The summed E-state index contributed by atoms with van der Waals surface area (Å²) in [6, 6.07) is 15.9. The molecule has 7 heteroatoms. The minimum Gasteiger partial charge on any atom is -0.341 e. The van der Waals surface area contributed by atoms with Gasteiger partial charge in [-0.25, -0.2) is 4.98 Å². The SMILES string of the molecule is O=C(Cn1c(SCC(=O)N2CCc3ccccc32)nc2ccccc21)N1CCCC1. The second kappa shape index (κ2) is 8.14. The molecule has 6 nitrogen and oxygen atoms in total. The molecule has 5 rings (SSSR count). The first-order valence-electron chi connectivity index (χ1n) is 10.4. The molecule has 1 fully saturated rings. The number of fused-ring (bicyclic) bond motifs is 2. The fourth-order valence-electron chi connectivity index (χ4n) is 4.32. The van der Waals surface area contributed by atoms with Crippen LogP contribution in [0.3, 0.4) is 0 Å². The summed E-state index contributed by atoms with van der Waals surface area (Å²) in [6.45, 7) is 2.66.